The summed E-state index contributed by atoms with van der Waals surface area (Å²) in [5.41, 5.74) is 3.03. The van der Waals surface area contributed by atoms with Crippen LogP contribution < -0.4 is 10.1 Å². The molecule has 1 amide bonds. The molecule has 7 nitrogen and oxygen atoms in total. The average Bonchev–Trinajstić information content (AvgIpc) is 3.21. The molecule has 3 fully saturated rings. The number of carbonyl (C=O) groups is 2. The van der Waals surface area contributed by atoms with Crippen molar-refractivity contribution in [1.29, 1.82) is 5.41 Å². The molecular weight excluding hydrogens is 394 g/mol. The third kappa shape index (κ3) is 3.08. The maximum Gasteiger partial charge on any atom is 0.255 e. The molecule has 7 heteroatoms. The van der Waals surface area contributed by atoms with Gasteiger partial charge in [0.25, 0.3) is 5.91 Å². The number of rotatable bonds is 7. The SMILES string of the molecule is Cc1oc2cc(O/C(=C/C=N)c3[nH]cc(C=O)c3C)ccc2c1C(=O)NC12CC(C1)C2. The molecule has 3 N–H and O–H groups in total. The highest BCUT2D eigenvalue weighted by molar-refractivity contribution is 6.07. The van der Waals surface area contributed by atoms with E-state index in [-0.39, 0.29) is 11.4 Å². The highest BCUT2D eigenvalue weighted by Crippen LogP contribution is 2.57. The van der Waals surface area contributed by atoms with Gasteiger partial charge in [-0.15, -0.1) is 0 Å². The van der Waals surface area contributed by atoms with Crippen molar-refractivity contribution in [3.8, 4) is 5.75 Å². The van der Waals surface area contributed by atoms with Crippen molar-refractivity contribution in [2.45, 2.75) is 38.6 Å². The van der Waals surface area contributed by atoms with Gasteiger partial charge in [0.05, 0.1) is 11.3 Å². The van der Waals surface area contributed by atoms with Gasteiger partial charge < -0.3 is 24.9 Å². The van der Waals surface area contributed by atoms with Crippen molar-refractivity contribution < 1.29 is 18.7 Å². The van der Waals surface area contributed by atoms with Crippen molar-refractivity contribution >= 4 is 35.1 Å². The van der Waals surface area contributed by atoms with Crippen LogP contribution in [0.25, 0.3) is 16.7 Å². The van der Waals surface area contributed by atoms with Gasteiger partial charge >= 0.3 is 0 Å². The molecule has 158 valence electrons. The fourth-order valence-corrected chi connectivity index (χ4v) is 4.74. The summed E-state index contributed by atoms with van der Waals surface area (Å²) in [6, 6.07) is 5.32. The molecule has 0 radical (unpaired) electrons. The summed E-state index contributed by atoms with van der Waals surface area (Å²) in [5, 5.41) is 11.4. The molecule has 31 heavy (non-hydrogen) atoms. The first-order valence-electron chi connectivity index (χ1n) is 10.3. The molecule has 2 aromatic heterocycles. The van der Waals surface area contributed by atoms with Gasteiger partial charge in [0.1, 0.15) is 17.1 Å². The molecule has 0 atom stereocenters. The number of allylic oxidation sites excluding steroid dienone is 1. The summed E-state index contributed by atoms with van der Waals surface area (Å²) >= 11 is 0. The van der Waals surface area contributed by atoms with E-state index in [4.69, 9.17) is 14.6 Å². The number of benzene rings is 1. The predicted octanol–water partition coefficient (Wildman–Crippen LogP) is 4.54. The van der Waals surface area contributed by atoms with E-state index in [1.54, 1.807) is 25.3 Å². The summed E-state index contributed by atoms with van der Waals surface area (Å²) in [6.45, 7) is 3.60. The number of aryl methyl sites for hydroxylation is 1. The summed E-state index contributed by atoms with van der Waals surface area (Å²) < 4.78 is 11.9. The molecule has 1 aromatic carbocycles. The standard InChI is InChI=1S/C24H23N3O4/c1-13-16(12-28)11-26-22(13)19(5-6-25)31-17-3-4-18-20(7-17)30-14(2)21(18)23(29)27-24-8-15(9-24)10-24/h3-7,11-12,15,25-26H,8-10H2,1-2H3,(H,27,29)/b19-5+,25-6?. The number of furan rings is 1. The third-order valence-corrected chi connectivity index (χ3v) is 6.50. The van der Waals surface area contributed by atoms with E-state index >= 15 is 0 Å². The van der Waals surface area contributed by atoms with E-state index < -0.39 is 0 Å². The van der Waals surface area contributed by atoms with E-state index in [0.29, 0.717) is 39.7 Å². The Kier molecular flexibility index (Phi) is 4.36. The van der Waals surface area contributed by atoms with Gasteiger partial charge in [0.15, 0.2) is 12.0 Å². The zero-order valence-corrected chi connectivity index (χ0v) is 17.4. The number of hydrogen-bond acceptors (Lipinski definition) is 5. The summed E-state index contributed by atoms with van der Waals surface area (Å²) in [6.07, 6.45) is 8.25. The Hall–Kier alpha value is -3.61. The van der Waals surface area contributed by atoms with Crippen LogP contribution in [0.1, 0.15) is 57.0 Å². The van der Waals surface area contributed by atoms with Crippen LogP contribution in [-0.4, -0.2) is 28.9 Å². The quantitative estimate of drug-likeness (QED) is 0.298. The molecule has 2 bridgehead atoms. The average molecular weight is 417 g/mol. The van der Waals surface area contributed by atoms with E-state index in [0.717, 1.165) is 48.6 Å². The minimum atomic E-state index is -0.0872. The first kappa shape index (κ1) is 19.4. The number of aromatic nitrogens is 1. The van der Waals surface area contributed by atoms with Crippen LogP contribution in [0.2, 0.25) is 0 Å². The van der Waals surface area contributed by atoms with Gasteiger partial charge in [-0.3, -0.25) is 9.59 Å². The molecule has 0 spiro atoms. The van der Waals surface area contributed by atoms with Crippen LogP contribution in [0, 0.1) is 25.2 Å². The number of fused-ring (bicyclic) bond motifs is 1. The van der Waals surface area contributed by atoms with Gasteiger partial charge in [-0.25, -0.2) is 0 Å². The van der Waals surface area contributed by atoms with Gasteiger partial charge in [-0.1, -0.05) is 0 Å². The molecule has 3 aliphatic rings. The van der Waals surface area contributed by atoms with Gasteiger partial charge in [0.2, 0.25) is 0 Å². The van der Waals surface area contributed by atoms with E-state index in [1.165, 1.54) is 6.08 Å². The number of ether oxygens (including phenoxy) is 1. The van der Waals surface area contributed by atoms with Crippen LogP contribution in [0.15, 0.2) is 34.9 Å². The number of amides is 1. The maximum atomic E-state index is 12.9. The van der Waals surface area contributed by atoms with E-state index in [9.17, 15) is 9.59 Å². The van der Waals surface area contributed by atoms with Gasteiger partial charge in [-0.2, -0.15) is 0 Å². The predicted molar refractivity (Wildman–Crippen MR) is 117 cm³/mol. The zero-order chi connectivity index (χ0) is 21.8. The Bertz CT molecular complexity index is 1250. The zero-order valence-electron chi connectivity index (χ0n) is 17.4. The molecule has 0 saturated heterocycles. The molecule has 0 unspecified atom stereocenters. The Morgan fingerprint density at radius 2 is 2.10 bits per heavy atom. The number of H-pyrrole nitrogens is 1. The second kappa shape index (κ2) is 6.97. The van der Waals surface area contributed by atoms with E-state index in [1.807, 2.05) is 13.0 Å². The van der Waals surface area contributed by atoms with Crippen molar-refractivity contribution in [2.24, 2.45) is 5.92 Å². The fourth-order valence-electron chi connectivity index (χ4n) is 4.74. The monoisotopic (exact) mass is 417 g/mol. The lowest BCUT2D eigenvalue weighted by Gasteiger charge is -2.61. The minimum absolute atomic E-state index is 0.00155. The minimum Gasteiger partial charge on any atom is -0.460 e. The van der Waals surface area contributed by atoms with Gasteiger partial charge in [0, 0.05) is 41.0 Å². The Balaban J connectivity index is 1.43. The summed E-state index contributed by atoms with van der Waals surface area (Å²) in [5.74, 6) is 2.18. The van der Waals surface area contributed by atoms with Crippen molar-refractivity contribution in [3.63, 3.8) is 0 Å². The maximum absolute atomic E-state index is 12.9. The van der Waals surface area contributed by atoms with Crippen LogP contribution >= 0.6 is 0 Å². The smallest absolute Gasteiger partial charge is 0.255 e. The van der Waals surface area contributed by atoms with Crippen LogP contribution in [0.5, 0.6) is 5.75 Å². The topological polar surface area (TPSA) is 108 Å². The Labute approximate surface area is 179 Å². The van der Waals surface area contributed by atoms with Crippen LogP contribution in [0.4, 0.5) is 0 Å². The van der Waals surface area contributed by atoms with Crippen molar-refractivity contribution in [3.05, 3.63) is 58.6 Å². The lowest BCUT2D eigenvalue weighted by atomic mass is 9.50. The lowest BCUT2D eigenvalue weighted by Crippen LogP contribution is -2.68. The number of aromatic amines is 1. The molecular formula is C24H23N3O4. The molecule has 0 aliphatic heterocycles. The highest BCUT2D eigenvalue weighted by Gasteiger charge is 2.57. The Morgan fingerprint density at radius 1 is 1.32 bits per heavy atom. The summed E-state index contributed by atoms with van der Waals surface area (Å²) in [7, 11) is 0. The second-order valence-corrected chi connectivity index (χ2v) is 8.57. The molecule has 3 aromatic rings. The van der Waals surface area contributed by atoms with Crippen LogP contribution in [0.3, 0.4) is 0 Å². The Morgan fingerprint density at radius 3 is 2.71 bits per heavy atom. The van der Waals surface area contributed by atoms with Crippen LogP contribution in [-0.2, 0) is 0 Å². The molecule has 2 heterocycles. The first-order valence-corrected chi connectivity index (χ1v) is 10.3. The summed E-state index contributed by atoms with van der Waals surface area (Å²) in [4.78, 5) is 27.1. The van der Waals surface area contributed by atoms with Gasteiger partial charge in [-0.05, 0) is 56.7 Å². The first-order chi connectivity index (χ1) is 14.9. The number of hydrogen-bond donors (Lipinski definition) is 3. The molecule has 6 rings (SSSR count). The normalized spacial score (nSPS) is 21.9. The van der Waals surface area contributed by atoms with E-state index in [2.05, 4.69) is 10.3 Å². The molecule has 3 aliphatic carbocycles. The third-order valence-electron chi connectivity index (χ3n) is 6.50. The van der Waals surface area contributed by atoms with Crippen molar-refractivity contribution in [1.82, 2.24) is 10.3 Å². The largest absolute Gasteiger partial charge is 0.460 e. The second-order valence-electron chi connectivity index (χ2n) is 8.57. The van der Waals surface area contributed by atoms with Crippen molar-refractivity contribution in [2.75, 3.05) is 0 Å². The number of nitrogens with one attached hydrogen (secondary N) is 3. The fraction of sp³-hybridized carbons (Fsp3) is 0.292. The highest BCUT2D eigenvalue weighted by atomic mass is 16.5. The molecule has 3 saturated carbocycles. The number of aldehydes is 1. The lowest BCUT2D eigenvalue weighted by molar-refractivity contribution is -0.0438. The number of carbonyl (C=O) groups excluding carboxylic acids is 2.